The Hall–Kier alpha value is -1.20. The third kappa shape index (κ3) is 5.10. The number of halogens is 1. The Labute approximate surface area is 106 Å². The lowest BCUT2D eigenvalue weighted by molar-refractivity contribution is 0.179. The summed E-state index contributed by atoms with van der Waals surface area (Å²) in [5.41, 5.74) is 1.49. The van der Waals surface area contributed by atoms with Crippen molar-refractivity contribution >= 4 is 23.0 Å². The van der Waals surface area contributed by atoms with Gasteiger partial charge < -0.3 is 15.4 Å². The van der Waals surface area contributed by atoms with Gasteiger partial charge in [0, 0.05) is 18.8 Å². The second-order valence-electron chi connectivity index (χ2n) is 3.97. The van der Waals surface area contributed by atoms with E-state index in [1.165, 1.54) is 12.1 Å². The molecular formula is C12H17FN2OS. The Bertz CT molecular complexity index is 378. The Morgan fingerprint density at radius 2 is 2.18 bits per heavy atom. The highest BCUT2D eigenvalue weighted by atomic mass is 32.1. The van der Waals surface area contributed by atoms with E-state index in [1.807, 2.05) is 19.9 Å². The summed E-state index contributed by atoms with van der Waals surface area (Å²) >= 11 is 5.11. The first kappa shape index (κ1) is 13.9. The zero-order chi connectivity index (χ0) is 12.8. The predicted molar refractivity (Wildman–Crippen MR) is 71.8 cm³/mol. The van der Waals surface area contributed by atoms with E-state index in [0.717, 1.165) is 5.56 Å². The van der Waals surface area contributed by atoms with Gasteiger partial charge in [0.1, 0.15) is 5.82 Å². The van der Waals surface area contributed by atoms with E-state index in [9.17, 15) is 4.39 Å². The van der Waals surface area contributed by atoms with Gasteiger partial charge in [-0.1, -0.05) is 0 Å². The van der Waals surface area contributed by atoms with Crippen LogP contribution in [0.2, 0.25) is 0 Å². The van der Waals surface area contributed by atoms with Gasteiger partial charge in [-0.05, 0) is 49.8 Å². The molecule has 0 amide bonds. The van der Waals surface area contributed by atoms with Crippen LogP contribution in [0.1, 0.15) is 12.5 Å². The molecule has 2 N–H and O–H groups in total. The third-order valence-corrected chi connectivity index (χ3v) is 2.31. The molecule has 0 radical (unpaired) electrons. The number of nitrogens with one attached hydrogen (secondary N) is 2. The second kappa shape index (κ2) is 6.51. The Morgan fingerprint density at radius 3 is 2.76 bits per heavy atom. The molecule has 1 atom stereocenters. The molecule has 0 aliphatic rings. The van der Waals surface area contributed by atoms with E-state index in [1.54, 1.807) is 7.11 Å². The molecule has 0 aromatic heterocycles. The number of hydrogen-bond donors (Lipinski definition) is 2. The molecule has 17 heavy (non-hydrogen) atoms. The zero-order valence-corrected chi connectivity index (χ0v) is 11.0. The number of ether oxygens (including phenoxy) is 1. The summed E-state index contributed by atoms with van der Waals surface area (Å²) in [4.78, 5) is 0. The molecule has 3 nitrogen and oxygen atoms in total. The highest BCUT2D eigenvalue weighted by molar-refractivity contribution is 7.80. The number of benzene rings is 1. The van der Waals surface area contributed by atoms with Crippen molar-refractivity contribution < 1.29 is 9.13 Å². The number of methoxy groups -OCH3 is 1. The molecule has 0 fully saturated rings. The molecule has 0 heterocycles. The van der Waals surface area contributed by atoms with Crippen molar-refractivity contribution in [3.8, 4) is 0 Å². The van der Waals surface area contributed by atoms with Crippen LogP contribution in [0.15, 0.2) is 18.2 Å². The smallest absolute Gasteiger partial charge is 0.171 e. The van der Waals surface area contributed by atoms with Gasteiger partial charge in [-0.25, -0.2) is 4.39 Å². The molecule has 0 saturated heterocycles. The summed E-state index contributed by atoms with van der Waals surface area (Å²) in [6.07, 6.45) is 0. The molecular weight excluding hydrogens is 239 g/mol. The molecule has 0 saturated carbocycles. The Kier molecular flexibility index (Phi) is 5.31. The summed E-state index contributed by atoms with van der Waals surface area (Å²) in [5.74, 6) is -0.278. The molecule has 5 heteroatoms. The van der Waals surface area contributed by atoms with E-state index >= 15 is 0 Å². The van der Waals surface area contributed by atoms with Crippen molar-refractivity contribution in [3.05, 3.63) is 29.6 Å². The molecule has 0 aliphatic carbocycles. The van der Waals surface area contributed by atoms with Gasteiger partial charge in [-0.15, -0.1) is 0 Å². The molecule has 1 rings (SSSR count). The van der Waals surface area contributed by atoms with E-state index in [-0.39, 0.29) is 11.9 Å². The number of thiocarbonyl (C=S) groups is 1. The van der Waals surface area contributed by atoms with Gasteiger partial charge in [-0.2, -0.15) is 0 Å². The van der Waals surface area contributed by atoms with Crippen LogP contribution in [-0.4, -0.2) is 24.9 Å². The van der Waals surface area contributed by atoms with Crippen LogP contribution in [0, 0.1) is 12.7 Å². The summed E-state index contributed by atoms with van der Waals surface area (Å²) in [6, 6.07) is 4.81. The van der Waals surface area contributed by atoms with Gasteiger partial charge in [-0.3, -0.25) is 0 Å². The average Bonchev–Trinajstić information content (AvgIpc) is 2.14. The van der Waals surface area contributed by atoms with E-state index in [0.29, 0.717) is 17.4 Å². The Balaban J connectivity index is 2.56. The average molecular weight is 256 g/mol. The highest BCUT2D eigenvalue weighted by Gasteiger charge is 2.04. The maximum Gasteiger partial charge on any atom is 0.171 e. The van der Waals surface area contributed by atoms with Crippen LogP contribution in [0.3, 0.4) is 0 Å². The van der Waals surface area contributed by atoms with Crippen LogP contribution in [-0.2, 0) is 4.74 Å². The first-order valence-corrected chi connectivity index (χ1v) is 5.75. The highest BCUT2D eigenvalue weighted by Crippen LogP contribution is 2.13. The van der Waals surface area contributed by atoms with Gasteiger partial charge in [0.05, 0.1) is 6.61 Å². The minimum absolute atomic E-state index is 0.106. The SMILES string of the molecule is COCC(C)NC(=S)Nc1cc(C)cc(F)c1. The van der Waals surface area contributed by atoms with Crippen LogP contribution in [0.25, 0.3) is 0 Å². The molecule has 1 unspecified atom stereocenters. The van der Waals surface area contributed by atoms with Crippen LogP contribution in [0.5, 0.6) is 0 Å². The number of aryl methyl sites for hydroxylation is 1. The fourth-order valence-electron chi connectivity index (χ4n) is 1.49. The molecule has 1 aromatic rings. The minimum Gasteiger partial charge on any atom is -0.383 e. The Morgan fingerprint density at radius 1 is 1.47 bits per heavy atom. The van der Waals surface area contributed by atoms with Gasteiger partial charge >= 0.3 is 0 Å². The van der Waals surface area contributed by atoms with Crippen molar-refractivity contribution in [1.29, 1.82) is 0 Å². The lowest BCUT2D eigenvalue weighted by atomic mass is 10.2. The monoisotopic (exact) mass is 256 g/mol. The number of hydrogen-bond acceptors (Lipinski definition) is 2. The number of anilines is 1. The fourth-order valence-corrected chi connectivity index (χ4v) is 1.81. The third-order valence-electron chi connectivity index (χ3n) is 2.09. The van der Waals surface area contributed by atoms with Crippen molar-refractivity contribution in [2.24, 2.45) is 0 Å². The first-order chi connectivity index (χ1) is 8.01. The summed E-state index contributed by atoms with van der Waals surface area (Å²) in [7, 11) is 1.63. The second-order valence-corrected chi connectivity index (χ2v) is 4.38. The van der Waals surface area contributed by atoms with Gasteiger partial charge in [0.15, 0.2) is 5.11 Å². The van der Waals surface area contributed by atoms with Crippen LogP contribution in [0.4, 0.5) is 10.1 Å². The first-order valence-electron chi connectivity index (χ1n) is 5.35. The standard InChI is InChI=1S/C12H17FN2OS/c1-8-4-10(13)6-11(5-8)15-12(17)14-9(2)7-16-3/h4-6,9H,7H2,1-3H3,(H2,14,15,17). The fraction of sp³-hybridized carbons (Fsp3) is 0.417. The molecule has 94 valence electrons. The topological polar surface area (TPSA) is 33.3 Å². The van der Waals surface area contributed by atoms with Gasteiger partial charge in [0.25, 0.3) is 0 Å². The minimum atomic E-state index is -0.278. The van der Waals surface area contributed by atoms with Gasteiger partial charge in [0.2, 0.25) is 0 Å². The van der Waals surface area contributed by atoms with Crippen LogP contribution >= 0.6 is 12.2 Å². The van der Waals surface area contributed by atoms with Crippen molar-refractivity contribution in [1.82, 2.24) is 5.32 Å². The van der Waals surface area contributed by atoms with Crippen molar-refractivity contribution in [2.75, 3.05) is 19.0 Å². The van der Waals surface area contributed by atoms with Crippen LogP contribution < -0.4 is 10.6 Å². The summed E-state index contributed by atoms with van der Waals surface area (Å²) in [6.45, 7) is 4.34. The van der Waals surface area contributed by atoms with E-state index < -0.39 is 0 Å². The number of rotatable bonds is 4. The van der Waals surface area contributed by atoms with E-state index in [2.05, 4.69) is 10.6 Å². The summed E-state index contributed by atoms with van der Waals surface area (Å²) in [5, 5.41) is 6.44. The zero-order valence-electron chi connectivity index (χ0n) is 10.2. The van der Waals surface area contributed by atoms with Crippen molar-refractivity contribution in [3.63, 3.8) is 0 Å². The van der Waals surface area contributed by atoms with E-state index in [4.69, 9.17) is 17.0 Å². The maximum atomic E-state index is 13.1. The molecule has 1 aromatic carbocycles. The molecule has 0 spiro atoms. The quantitative estimate of drug-likeness (QED) is 0.811. The van der Waals surface area contributed by atoms with Crippen molar-refractivity contribution in [2.45, 2.75) is 19.9 Å². The lowest BCUT2D eigenvalue weighted by Gasteiger charge is -2.16. The largest absolute Gasteiger partial charge is 0.383 e. The summed E-state index contributed by atoms with van der Waals surface area (Å²) < 4.78 is 18.1. The lowest BCUT2D eigenvalue weighted by Crippen LogP contribution is -2.38. The molecule has 0 bridgehead atoms. The predicted octanol–water partition coefficient (Wildman–Crippen LogP) is 2.46. The maximum absolute atomic E-state index is 13.1. The normalized spacial score (nSPS) is 12.0. The molecule has 0 aliphatic heterocycles.